The maximum absolute atomic E-state index is 12.7. The van der Waals surface area contributed by atoms with E-state index in [0.717, 1.165) is 11.4 Å². The summed E-state index contributed by atoms with van der Waals surface area (Å²) in [6.07, 6.45) is 6.19. The fraction of sp³-hybridized carbons (Fsp3) is 0.368. The summed E-state index contributed by atoms with van der Waals surface area (Å²) in [6.45, 7) is -0.570. The highest BCUT2D eigenvalue weighted by atomic mass is 79.9. The number of carboxylic acids is 1. The topological polar surface area (TPSA) is 106 Å². The van der Waals surface area contributed by atoms with E-state index in [1.165, 1.54) is 13.3 Å². The molecule has 1 saturated carbocycles. The van der Waals surface area contributed by atoms with Gasteiger partial charge in [0.2, 0.25) is 0 Å². The molecular formula is C19H17BrN2O6. The SMILES string of the molecule is COc1cc(Br)cc(C=NN2C(=O)C3C4C=CC(C4)C3C2=O)c1OCC(=O)O. The average Bonchev–Trinajstić information content (AvgIpc) is 3.33. The molecule has 146 valence electrons. The molecule has 3 aliphatic rings. The van der Waals surface area contributed by atoms with Crippen molar-refractivity contribution in [2.75, 3.05) is 13.7 Å². The Labute approximate surface area is 168 Å². The Balaban J connectivity index is 1.63. The quantitative estimate of drug-likeness (QED) is 0.405. The van der Waals surface area contributed by atoms with Gasteiger partial charge in [0.05, 0.1) is 25.2 Å². The van der Waals surface area contributed by atoms with Crippen LogP contribution in [-0.4, -0.2) is 47.8 Å². The first kappa shape index (κ1) is 18.7. The van der Waals surface area contributed by atoms with Crippen molar-refractivity contribution >= 4 is 39.9 Å². The van der Waals surface area contributed by atoms with Crippen LogP contribution in [0.15, 0.2) is 33.9 Å². The van der Waals surface area contributed by atoms with Gasteiger partial charge in [0.1, 0.15) is 0 Å². The predicted molar refractivity (Wildman–Crippen MR) is 101 cm³/mol. The van der Waals surface area contributed by atoms with Gasteiger partial charge in [0, 0.05) is 10.0 Å². The van der Waals surface area contributed by atoms with Gasteiger partial charge in [-0.1, -0.05) is 28.1 Å². The minimum absolute atomic E-state index is 0.104. The van der Waals surface area contributed by atoms with Crippen molar-refractivity contribution in [3.05, 3.63) is 34.3 Å². The standard InChI is InChI=1S/C19H17BrN2O6/c1-27-13-6-12(20)5-11(17(13)28-8-14(23)24)7-21-22-18(25)15-9-2-3-10(4-9)16(15)19(22)26/h2-3,5-7,9-10,15-16H,4,8H2,1H3,(H,23,24). The first-order valence-corrected chi connectivity index (χ1v) is 9.52. The summed E-state index contributed by atoms with van der Waals surface area (Å²) in [5.41, 5.74) is 0.381. The molecule has 2 aliphatic carbocycles. The molecule has 9 heteroatoms. The number of nitrogens with zero attached hydrogens (tertiary/aromatic N) is 2. The van der Waals surface area contributed by atoms with Crippen molar-refractivity contribution in [1.29, 1.82) is 0 Å². The van der Waals surface area contributed by atoms with Gasteiger partial charge in [0.15, 0.2) is 18.1 Å². The number of allylic oxidation sites excluding steroid dienone is 2. The van der Waals surface area contributed by atoms with E-state index in [1.54, 1.807) is 12.1 Å². The predicted octanol–water partition coefficient (Wildman–Crippen LogP) is 2.06. The summed E-state index contributed by atoms with van der Waals surface area (Å²) in [6, 6.07) is 3.26. The molecule has 2 fully saturated rings. The van der Waals surface area contributed by atoms with Crippen molar-refractivity contribution in [3.8, 4) is 11.5 Å². The highest BCUT2D eigenvalue weighted by Gasteiger charge is 2.59. The molecule has 1 N–H and O–H groups in total. The molecule has 8 nitrogen and oxygen atoms in total. The van der Waals surface area contributed by atoms with Crippen molar-refractivity contribution < 1.29 is 29.0 Å². The molecule has 0 aromatic heterocycles. The number of methoxy groups -OCH3 is 1. The summed E-state index contributed by atoms with van der Waals surface area (Å²) >= 11 is 3.34. The first-order chi connectivity index (χ1) is 13.4. The molecule has 1 aromatic carbocycles. The van der Waals surface area contributed by atoms with E-state index in [0.29, 0.717) is 15.8 Å². The van der Waals surface area contributed by atoms with Gasteiger partial charge in [-0.2, -0.15) is 10.1 Å². The van der Waals surface area contributed by atoms with Crippen molar-refractivity contribution in [3.63, 3.8) is 0 Å². The van der Waals surface area contributed by atoms with Crippen molar-refractivity contribution in [1.82, 2.24) is 5.01 Å². The summed E-state index contributed by atoms with van der Waals surface area (Å²) in [7, 11) is 1.42. The molecule has 0 spiro atoms. The number of aliphatic carboxylic acids is 1. The fourth-order valence-electron chi connectivity index (χ4n) is 4.25. The maximum Gasteiger partial charge on any atom is 0.341 e. The zero-order valence-electron chi connectivity index (χ0n) is 14.9. The Bertz CT molecular complexity index is 897. The minimum Gasteiger partial charge on any atom is -0.493 e. The molecule has 4 atom stereocenters. The smallest absolute Gasteiger partial charge is 0.341 e. The van der Waals surface area contributed by atoms with Crippen LogP contribution in [0.5, 0.6) is 11.5 Å². The second-order valence-electron chi connectivity index (χ2n) is 6.94. The molecule has 28 heavy (non-hydrogen) atoms. The summed E-state index contributed by atoms with van der Waals surface area (Å²) in [4.78, 5) is 36.3. The van der Waals surface area contributed by atoms with Gasteiger partial charge in [-0.05, 0) is 30.4 Å². The number of hydrazone groups is 1. The van der Waals surface area contributed by atoms with Gasteiger partial charge < -0.3 is 14.6 Å². The highest BCUT2D eigenvalue weighted by Crippen LogP contribution is 2.52. The van der Waals surface area contributed by atoms with E-state index in [4.69, 9.17) is 14.6 Å². The van der Waals surface area contributed by atoms with Gasteiger partial charge in [-0.15, -0.1) is 0 Å². The monoisotopic (exact) mass is 448 g/mol. The van der Waals surface area contributed by atoms with Crippen LogP contribution in [0.25, 0.3) is 0 Å². The zero-order chi connectivity index (χ0) is 20.0. The number of imide groups is 1. The van der Waals surface area contributed by atoms with Crippen LogP contribution < -0.4 is 9.47 Å². The number of hydrogen-bond acceptors (Lipinski definition) is 6. The van der Waals surface area contributed by atoms with Crippen molar-refractivity contribution in [2.45, 2.75) is 6.42 Å². The lowest BCUT2D eigenvalue weighted by molar-refractivity contribution is -0.141. The van der Waals surface area contributed by atoms with Crippen molar-refractivity contribution in [2.24, 2.45) is 28.8 Å². The van der Waals surface area contributed by atoms with E-state index in [1.807, 2.05) is 12.2 Å². The Morgan fingerprint density at radius 1 is 1.29 bits per heavy atom. The fourth-order valence-corrected chi connectivity index (χ4v) is 4.70. The molecule has 2 amide bonds. The van der Waals surface area contributed by atoms with E-state index in [9.17, 15) is 14.4 Å². The first-order valence-electron chi connectivity index (χ1n) is 8.73. The molecule has 1 aliphatic heterocycles. The second kappa shape index (κ2) is 7.05. The van der Waals surface area contributed by atoms with E-state index < -0.39 is 12.6 Å². The highest BCUT2D eigenvalue weighted by molar-refractivity contribution is 9.10. The Hall–Kier alpha value is -2.68. The lowest BCUT2D eigenvalue weighted by Crippen LogP contribution is -2.28. The second-order valence-corrected chi connectivity index (χ2v) is 7.86. The molecule has 1 heterocycles. The number of halogens is 1. The van der Waals surface area contributed by atoms with Gasteiger partial charge in [-0.25, -0.2) is 4.79 Å². The minimum atomic E-state index is -1.14. The van der Waals surface area contributed by atoms with Crippen LogP contribution in [0.3, 0.4) is 0 Å². The summed E-state index contributed by atoms with van der Waals surface area (Å²) < 4.78 is 11.2. The van der Waals surface area contributed by atoms with Crippen LogP contribution in [-0.2, 0) is 14.4 Å². The van der Waals surface area contributed by atoms with Gasteiger partial charge in [0.25, 0.3) is 11.8 Å². The van der Waals surface area contributed by atoms with Gasteiger partial charge in [-0.3, -0.25) is 9.59 Å². The third-order valence-corrected chi connectivity index (χ3v) is 5.83. The maximum atomic E-state index is 12.7. The number of fused-ring (bicyclic) bond motifs is 5. The molecule has 2 bridgehead atoms. The molecule has 4 rings (SSSR count). The van der Waals surface area contributed by atoms with E-state index >= 15 is 0 Å². The lowest BCUT2D eigenvalue weighted by Gasteiger charge is -2.14. The Morgan fingerprint density at radius 3 is 2.50 bits per heavy atom. The average molecular weight is 449 g/mol. The Kier molecular flexibility index (Phi) is 4.70. The Morgan fingerprint density at radius 2 is 1.93 bits per heavy atom. The van der Waals surface area contributed by atoms with Gasteiger partial charge >= 0.3 is 5.97 Å². The largest absolute Gasteiger partial charge is 0.493 e. The molecule has 1 saturated heterocycles. The summed E-state index contributed by atoms with van der Waals surface area (Å²) in [5, 5.41) is 13.9. The number of carbonyl (C=O) groups is 3. The van der Waals surface area contributed by atoms with Crippen LogP contribution in [0.2, 0.25) is 0 Å². The van der Waals surface area contributed by atoms with E-state index in [-0.39, 0.29) is 41.2 Å². The number of rotatable bonds is 6. The summed E-state index contributed by atoms with van der Waals surface area (Å²) in [5.74, 6) is -1.73. The number of carbonyl (C=O) groups excluding carboxylic acids is 2. The normalized spacial score (nSPS) is 27.7. The number of carboxylic acid groups (broad SMARTS) is 1. The number of benzene rings is 1. The number of amides is 2. The molecule has 1 aromatic rings. The molecular weight excluding hydrogens is 432 g/mol. The molecule has 0 radical (unpaired) electrons. The van der Waals surface area contributed by atoms with Crippen LogP contribution in [0.1, 0.15) is 12.0 Å². The lowest BCUT2D eigenvalue weighted by atomic mass is 9.85. The van der Waals surface area contributed by atoms with E-state index in [2.05, 4.69) is 21.0 Å². The molecule has 4 unspecified atom stereocenters. The zero-order valence-corrected chi connectivity index (χ0v) is 16.5. The number of ether oxygens (including phenoxy) is 2. The van der Waals surface area contributed by atoms with Crippen LogP contribution in [0, 0.1) is 23.7 Å². The van der Waals surface area contributed by atoms with Crippen LogP contribution >= 0.6 is 15.9 Å². The third-order valence-electron chi connectivity index (χ3n) is 5.37. The number of hydrogen-bond donors (Lipinski definition) is 1. The van der Waals surface area contributed by atoms with Crippen LogP contribution in [0.4, 0.5) is 0 Å². The third kappa shape index (κ3) is 2.99.